The van der Waals surface area contributed by atoms with Crippen molar-refractivity contribution in [3.8, 4) is 0 Å². The van der Waals surface area contributed by atoms with Gasteiger partial charge in [0.05, 0.1) is 0 Å². The molecule has 25 heavy (non-hydrogen) atoms. The number of hydrogen-bond acceptors (Lipinski definition) is 2. The molecule has 0 radical (unpaired) electrons. The molecule has 0 heterocycles. The van der Waals surface area contributed by atoms with Gasteiger partial charge in [-0.2, -0.15) is 0 Å². The van der Waals surface area contributed by atoms with Crippen LogP contribution in [0.4, 0.5) is 0 Å². The van der Waals surface area contributed by atoms with Crippen LogP contribution in [0.15, 0.2) is 60.7 Å². The van der Waals surface area contributed by atoms with Crippen molar-refractivity contribution in [1.82, 2.24) is 0 Å². The predicted octanol–water partition coefficient (Wildman–Crippen LogP) is 4.08. The second-order valence-corrected chi connectivity index (χ2v) is 10.6. The molecule has 130 valence electrons. The van der Waals surface area contributed by atoms with E-state index in [1.807, 2.05) is 30.3 Å². The fraction of sp³-hybridized carbons (Fsp3) is 0.381. The average molecular weight is 464 g/mol. The number of rotatable bonds is 5. The Kier molecular flexibility index (Phi) is 5.30. The van der Waals surface area contributed by atoms with Gasteiger partial charge >= 0.3 is 164 Å². The van der Waals surface area contributed by atoms with Crippen molar-refractivity contribution in [2.75, 3.05) is 6.61 Å². The molecule has 2 aromatic rings. The SMILES string of the molecule is O=C(OC[C@@H]1C[C@@H]2C[C@H]1[C@H](Br)[C@H]2[Se]c1ccccc1)c1ccccc1. The van der Waals surface area contributed by atoms with Crippen molar-refractivity contribution in [3.05, 3.63) is 66.2 Å². The molecule has 2 nitrogen and oxygen atoms in total. The molecule has 0 saturated heterocycles. The van der Waals surface area contributed by atoms with Gasteiger partial charge in [-0.25, -0.2) is 0 Å². The van der Waals surface area contributed by atoms with Gasteiger partial charge in [-0.05, 0) is 0 Å². The second kappa shape index (κ2) is 7.65. The molecule has 2 fully saturated rings. The molecule has 0 aromatic heterocycles. The number of carbonyl (C=O) groups excluding carboxylic acids is 1. The molecule has 2 saturated carbocycles. The molecular formula is C21H21BrO2Se. The number of ether oxygens (including phenoxy) is 1. The van der Waals surface area contributed by atoms with Crippen molar-refractivity contribution in [2.24, 2.45) is 17.8 Å². The minimum absolute atomic E-state index is 0.195. The summed E-state index contributed by atoms with van der Waals surface area (Å²) in [5, 5.41) is 0. The third-order valence-electron chi connectivity index (χ3n) is 5.43. The molecule has 0 N–H and O–H groups in total. The normalized spacial score (nSPS) is 30.4. The van der Waals surface area contributed by atoms with Crippen LogP contribution in [0.1, 0.15) is 23.2 Å². The van der Waals surface area contributed by atoms with Crippen LogP contribution in [0.3, 0.4) is 0 Å². The number of fused-ring (bicyclic) bond motifs is 2. The Balaban J connectivity index is 1.33. The summed E-state index contributed by atoms with van der Waals surface area (Å²) < 4.78 is 7.10. The van der Waals surface area contributed by atoms with E-state index in [0.29, 0.717) is 43.8 Å². The monoisotopic (exact) mass is 464 g/mol. The molecule has 0 amide bonds. The second-order valence-electron chi connectivity index (χ2n) is 6.96. The molecule has 4 heteroatoms. The zero-order valence-electron chi connectivity index (χ0n) is 13.9. The number of esters is 1. The minimum atomic E-state index is -0.195. The van der Waals surface area contributed by atoms with Crippen molar-refractivity contribution in [1.29, 1.82) is 0 Å². The average Bonchev–Trinajstić information content (AvgIpc) is 3.20. The Morgan fingerprint density at radius 1 is 1.04 bits per heavy atom. The van der Waals surface area contributed by atoms with E-state index >= 15 is 0 Å². The zero-order chi connectivity index (χ0) is 17.2. The molecule has 2 bridgehead atoms. The van der Waals surface area contributed by atoms with Crippen LogP contribution in [0.2, 0.25) is 4.82 Å². The summed E-state index contributed by atoms with van der Waals surface area (Å²) >= 11 is 4.50. The van der Waals surface area contributed by atoms with E-state index < -0.39 is 0 Å². The Hall–Kier alpha value is -1.09. The molecular weight excluding hydrogens is 443 g/mol. The summed E-state index contributed by atoms with van der Waals surface area (Å²) in [7, 11) is 0. The summed E-state index contributed by atoms with van der Waals surface area (Å²) in [6.45, 7) is 0.558. The summed E-state index contributed by atoms with van der Waals surface area (Å²) in [4.78, 5) is 13.5. The van der Waals surface area contributed by atoms with Crippen LogP contribution >= 0.6 is 15.9 Å². The molecule has 5 atom stereocenters. The first-order chi connectivity index (χ1) is 12.2. The van der Waals surface area contributed by atoms with Gasteiger partial charge in [-0.3, -0.25) is 0 Å². The van der Waals surface area contributed by atoms with Crippen LogP contribution in [0.5, 0.6) is 0 Å². The van der Waals surface area contributed by atoms with E-state index in [0.717, 1.165) is 10.7 Å². The molecule has 2 aliphatic rings. The molecule has 2 aromatic carbocycles. The maximum atomic E-state index is 12.2. The van der Waals surface area contributed by atoms with Crippen molar-refractivity contribution >= 4 is 41.3 Å². The van der Waals surface area contributed by atoms with Gasteiger partial charge < -0.3 is 0 Å². The molecule has 4 rings (SSSR count). The van der Waals surface area contributed by atoms with Crippen LogP contribution < -0.4 is 4.46 Å². The summed E-state index contributed by atoms with van der Waals surface area (Å²) in [6, 6.07) is 20.2. The number of alkyl halides is 1. The predicted molar refractivity (Wildman–Crippen MR) is 105 cm³/mol. The number of carbonyl (C=O) groups is 1. The fourth-order valence-corrected chi connectivity index (χ4v) is 8.74. The van der Waals surface area contributed by atoms with Crippen LogP contribution in [0, 0.1) is 17.8 Å². The van der Waals surface area contributed by atoms with Gasteiger partial charge in [0.25, 0.3) is 0 Å². The van der Waals surface area contributed by atoms with Crippen LogP contribution in [-0.2, 0) is 4.74 Å². The molecule has 0 aliphatic heterocycles. The standard InChI is InChI=1S/C21H21BrO2Se/c22-19-18-12-15(20(19)25-17-9-5-2-6-10-17)11-16(18)13-24-21(23)14-7-3-1-4-8-14/h1-10,15-16,18-20H,11-13H2/t15-,16+,18-,19+,20+/m1/s1. The van der Waals surface area contributed by atoms with Crippen molar-refractivity contribution in [2.45, 2.75) is 22.5 Å². The van der Waals surface area contributed by atoms with Gasteiger partial charge in [0, 0.05) is 0 Å². The fourth-order valence-electron chi connectivity index (χ4n) is 4.21. The molecule has 2 aliphatic carbocycles. The zero-order valence-corrected chi connectivity index (χ0v) is 17.2. The number of halogens is 1. The molecule has 0 spiro atoms. The summed E-state index contributed by atoms with van der Waals surface area (Å²) in [5.41, 5.74) is 0.645. The van der Waals surface area contributed by atoms with E-state index in [4.69, 9.17) is 4.74 Å². The van der Waals surface area contributed by atoms with Gasteiger partial charge in [-0.1, -0.05) is 0 Å². The van der Waals surface area contributed by atoms with E-state index in [1.165, 1.54) is 17.3 Å². The first-order valence-electron chi connectivity index (χ1n) is 8.80. The van der Waals surface area contributed by atoms with E-state index in [-0.39, 0.29) is 5.97 Å². The number of hydrogen-bond donors (Lipinski definition) is 0. The van der Waals surface area contributed by atoms with Crippen LogP contribution in [-0.4, -0.2) is 32.4 Å². The Bertz CT molecular complexity index is 719. The van der Waals surface area contributed by atoms with Crippen molar-refractivity contribution < 1.29 is 9.53 Å². The van der Waals surface area contributed by atoms with Crippen molar-refractivity contribution in [3.63, 3.8) is 0 Å². The Morgan fingerprint density at radius 3 is 2.40 bits per heavy atom. The first-order valence-corrected chi connectivity index (χ1v) is 11.6. The maximum absolute atomic E-state index is 12.2. The van der Waals surface area contributed by atoms with Gasteiger partial charge in [0.1, 0.15) is 0 Å². The number of benzene rings is 2. The van der Waals surface area contributed by atoms with Gasteiger partial charge in [0.15, 0.2) is 0 Å². The Morgan fingerprint density at radius 2 is 1.72 bits per heavy atom. The van der Waals surface area contributed by atoms with Gasteiger partial charge in [0.2, 0.25) is 0 Å². The van der Waals surface area contributed by atoms with E-state index in [2.05, 4.69) is 46.3 Å². The summed E-state index contributed by atoms with van der Waals surface area (Å²) in [5.74, 6) is 1.73. The Labute approximate surface area is 163 Å². The van der Waals surface area contributed by atoms with E-state index in [9.17, 15) is 4.79 Å². The molecule has 0 unspecified atom stereocenters. The summed E-state index contributed by atoms with van der Waals surface area (Å²) in [6.07, 6.45) is 2.48. The van der Waals surface area contributed by atoms with Crippen LogP contribution in [0.25, 0.3) is 0 Å². The first kappa shape index (κ1) is 17.3. The van der Waals surface area contributed by atoms with E-state index in [1.54, 1.807) is 0 Å². The third-order valence-corrected chi connectivity index (χ3v) is 10.6. The van der Waals surface area contributed by atoms with Gasteiger partial charge in [-0.15, -0.1) is 0 Å². The quantitative estimate of drug-likeness (QED) is 0.379. The topological polar surface area (TPSA) is 26.3 Å². The third kappa shape index (κ3) is 3.72.